The fourth-order valence-electron chi connectivity index (χ4n) is 2.37. The summed E-state index contributed by atoms with van der Waals surface area (Å²) in [5, 5.41) is 2.77. The first-order valence-corrected chi connectivity index (χ1v) is 9.77. The maximum atomic E-state index is 12.5. The first kappa shape index (κ1) is 20.4. The number of hydrogen-bond donors (Lipinski definition) is 2. The minimum Gasteiger partial charge on any atom is -0.352 e. The largest absolute Gasteiger partial charge is 0.352 e. The van der Waals surface area contributed by atoms with E-state index in [4.69, 9.17) is 5.73 Å². The van der Waals surface area contributed by atoms with E-state index in [0.717, 1.165) is 24.1 Å². The number of rotatable bonds is 6. The third kappa shape index (κ3) is 5.42. The SMILES string of the molecule is C[C@@H](CN)NC(=O)Cc1ccc(S(=O)(=O)N2CCCCC2)s1.Cl. The smallest absolute Gasteiger partial charge is 0.252 e. The van der Waals surface area contributed by atoms with Gasteiger partial charge in [-0.3, -0.25) is 4.79 Å². The van der Waals surface area contributed by atoms with E-state index in [1.807, 2.05) is 6.92 Å². The van der Waals surface area contributed by atoms with Crippen molar-refractivity contribution in [3.8, 4) is 0 Å². The van der Waals surface area contributed by atoms with Gasteiger partial charge in [-0.05, 0) is 31.9 Å². The molecule has 1 aliphatic heterocycles. The second-order valence-corrected chi connectivity index (χ2v) is 8.90. The highest BCUT2D eigenvalue weighted by atomic mass is 35.5. The minimum atomic E-state index is -3.40. The zero-order valence-corrected chi connectivity index (χ0v) is 15.6. The molecule has 0 spiro atoms. The fourth-order valence-corrected chi connectivity index (χ4v) is 5.39. The van der Waals surface area contributed by atoms with Crippen molar-refractivity contribution in [2.75, 3.05) is 19.6 Å². The molecule has 1 fully saturated rings. The molecule has 0 aromatic carbocycles. The number of halogens is 1. The van der Waals surface area contributed by atoms with Gasteiger partial charge in [-0.25, -0.2) is 8.42 Å². The molecule has 1 saturated heterocycles. The van der Waals surface area contributed by atoms with Crippen LogP contribution in [0.3, 0.4) is 0 Å². The molecule has 0 saturated carbocycles. The topological polar surface area (TPSA) is 92.5 Å². The van der Waals surface area contributed by atoms with Gasteiger partial charge in [-0.2, -0.15) is 4.31 Å². The van der Waals surface area contributed by atoms with Crippen molar-refractivity contribution in [2.45, 2.75) is 42.9 Å². The Labute approximate surface area is 147 Å². The van der Waals surface area contributed by atoms with E-state index >= 15 is 0 Å². The highest BCUT2D eigenvalue weighted by molar-refractivity contribution is 7.91. The highest BCUT2D eigenvalue weighted by Crippen LogP contribution is 2.27. The van der Waals surface area contributed by atoms with E-state index in [-0.39, 0.29) is 30.8 Å². The van der Waals surface area contributed by atoms with Crippen molar-refractivity contribution in [1.29, 1.82) is 0 Å². The van der Waals surface area contributed by atoms with Crippen LogP contribution >= 0.6 is 23.7 Å². The molecule has 1 amide bonds. The Morgan fingerprint density at radius 3 is 2.61 bits per heavy atom. The number of nitrogens with zero attached hydrogens (tertiary/aromatic N) is 1. The first-order valence-electron chi connectivity index (χ1n) is 7.52. The number of nitrogens with one attached hydrogen (secondary N) is 1. The third-order valence-corrected chi connectivity index (χ3v) is 7.09. The standard InChI is InChI=1S/C14H23N3O3S2.ClH/c1-11(10-15)16-13(18)9-12-5-6-14(21-12)22(19,20)17-7-3-2-4-8-17;/h5-6,11H,2-4,7-10,15H2,1H3,(H,16,18);1H/t11-;/m0./s1. The van der Waals surface area contributed by atoms with Gasteiger partial charge in [0.05, 0.1) is 6.42 Å². The molecule has 2 heterocycles. The molecule has 9 heteroatoms. The zero-order chi connectivity index (χ0) is 16.2. The van der Waals surface area contributed by atoms with Gasteiger partial charge in [0.15, 0.2) is 0 Å². The molecular weight excluding hydrogens is 358 g/mol. The average molecular weight is 382 g/mol. The molecule has 23 heavy (non-hydrogen) atoms. The average Bonchev–Trinajstić information content (AvgIpc) is 2.97. The number of sulfonamides is 1. The van der Waals surface area contributed by atoms with Gasteiger partial charge in [-0.15, -0.1) is 23.7 Å². The maximum Gasteiger partial charge on any atom is 0.252 e. The highest BCUT2D eigenvalue weighted by Gasteiger charge is 2.27. The predicted octanol–water partition coefficient (Wildman–Crippen LogP) is 1.35. The molecular formula is C14H24ClN3O3S2. The molecule has 132 valence electrons. The molecule has 0 bridgehead atoms. The normalized spacial score (nSPS) is 17.3. The summed E-state index contributed by atoms with van der Waals surface area (Å²) in [5.41, 5.74) is 5.46. The molecule has 1 aromatic heterocycles. The Morgan fingerprint density at radius 1 is 1.35 bits per heavy atom. The summed E-state index contributed by atoms with van der Waals surface area (Å²) < 4.78 is 26.9. The van der Waals surface area contributed by atoms with Crippen molar-refractivity contribution < 1.29 is 13.2 Å². The molecule has 6 nitrogen and oxygen atoms in total. The first-order chi connectivity index (χ1) is 10.4. The van der Waals surface area contributed by atoms with E-state index in [1.165, 1.54) is 11.3 Å². The molecule has 1 aliphatic rings. The quantitative estimate of drug-likeness (QED) is 0.777. The van der Waals surface area contributed by atoms with Crippen LogP contribution < -0.4 is 11.1 Å². The van der Waals surface area contributed by atoms with Gasteiger partial charge < -0.3 is 11.1 Å². The van der Waals surface area contributed by atoms with Crippen LogP contribution in [0.25, 0.3) is 0 Å². The number of hydrogen-bond acceptors (Lipinski definition) is 5. The van der Waals surface area contributed by atoms with Gasteiger partial charge >= 0.3 is 0 Å². The number of carbonyl (C=O) groups is 1. The Balaban J connectivity index is 0.00000264. The Bertz CT molecular complexity index is 613. The second-order valence-electron chi connectivity index (χ2n) is 5.57. The van der Waals surface area contributed by atoms with Gasteiger partial charge in [0.2, 0.25) is 5.91 Å². The molecule has 3 N–H and O–H groups in total. The van der Waals surface area contributed by atoms with Crippen LogP contribution in [0.1, 0.15) is 31.1 Å². The maximum absolute atomic E-state index is 12.5. The summed E-state index contributed by atoms with van der Waals surface area (Å²) in [6.45, 7) is 3.39. The Hall–Kier alpha value is -0.670. The predicted molar refractivity (Wildman–Crippen MR) is 94.5 cm³/mol. The van der Waals surface area contributed by atoms with E-state index in [1.54, 1.807) is 16.4 Å². The number of amides is 1. The lowest BCUT2D eigenvalue weighted by molar-refractivity contribution is -0.120. The number of carbonyl (C=O) groups excluding carboxylic acids is 1. The van der Waals surface area contributed by atoms with Crippen molar-refractivity contribution in [1.82, 2.24) is 9.62 Å². The van der Waals surface area contributed by atoms with Crippen LogP contribution in [0.5, 0.6) is 0 Å². The molecule has 1 aromatic rings. The zero-order valence-electron chi connectivity index (χ0n) is 13.2. The van der Waals surface area contributed by atoms with Gasteiger partial charge in [0.1, 0.15) is 4.21 Å². The molecule has 2 rings (SSSR count). The second kappa shape index (κ2) is 8.98. The van der Waals surface area contributed by atoms with Gasteiger partial charge in [0.25, 0.3) is 10.0 Å². The molecule has 1 atom stereocenters. The van der Waals surface area contributed by atoms with E-state index in [2.05, 4.69) is 5.32 Å². The summed E-state index contributed by atoms with van der Waals surface area (Å²) in [4.78, 5) is 12.6. The van der Waals surface area contributed by atoms with Crippen LogP contribution in [0.2, 0.25) is 0 Å². The van der Waals surface area contributed by atoms with Crippen LogP contribution in [0, 0.1) is 0 Å². The van der Waals surface area contributed by atoms with E-state index < -0.39 is 10.0 Å². The summed E-state index contributed by atoms with van der Waals surface area (Å²) in [6.07, 6.45) is 3.10. The van der Waals surface area contributed by atoms with Crippen LogP contribution in [-0.4, -0.2) is 44.3 Å². The van der Waals surface area contributed by atoms with Gasteiger partial charge in [0, 0.05) is 30.6 Å². The van der Waals surface area contributed by atoms with Crippen molar-refractivity contribution in [2.24, 2.45) is 5.73 Å². The molecule has 0 unspecified atom stereocenters. The van der Waals surface area contributed by atoms with E-state index in [9.17, 15) is 13.2 Å². The summed E-state index contributed by atoms with van der Waals surface area (Å²) in [6, 6.07) is 3.24. The van der Waals surface area contributed by atoms with Crippen molar-refractivity contribution in [3.05, 3.63) is 17.0 Å². The summed E-state index contributed by atoms with van der Waals surface area (Å²) >= 11 is 1.17. The van der Waals surface area contributed by atoms with Crippen LogP contribution in [0.15, 0.2) is 16.3 Å². The number of nitrogens with two attached hydrogens (primary N) is 1. The summed E-state index contributed by atoms with van der Waals surface area (Å²) in [7, 11) is -3.40. The fraction of sp³-hybridized carbons (Fsp3) is 0.643. The van der Waals surface area contributed by atoms with E-state index in [0.29, 0.717) is 23.8 Å². The lowest BCUT2D eigenvalue weighted by Crippen LogP contribution is -2.38. The van der Waals surface area contributed by atoms with Crippen molar-refractivity contribution >= 4 is 39.7 Å². The number of thiophene rings is 1. The Morgan fingerprint density at radius 2 is 2.00 bits per heavy atom. The van der Waals surface area contributed by atoms with Crippen LogP contribution in [-0.2, 0) is 21.2 Å². The monoisotopic (exact) mass is 381 g/mol. The lowest BCUT2D eigenvalue weighted by atomic mass is 10.2. The number of piperidine rings is 1. The minimum absolute atomic E-state index is 0. The van der Waals surface area contributed by atoms with Crippen LogP contribution in [0.4, 0.5) is 0 Å². The lowest BCUT2D eigenvalue weighted by Gasteiger charge is -2.25. The molecule has 0 radical (unpaired) electrons. The molecule has 0 aliphatic carbocycles. The summed E-state index contributed by atoms with van der Waals surface area (Å²) in [5.74, 6) is -0.137. The van der Waals surface area contributed by atoms with Gasteiger partial charge in [-0.1, -0.05) is 6.42 Å². The third-order valence-electron chi connectivity index (χ3n) is 3.64. The van der Waals surface area contributed by atoms with Crippen molar-refractivity contribution in [3.63, 3.8) is 0 Å². The Kier molecular flexibility index (Phi) is 7.96.